The van der Waals surface area contributed by atoms with E-state index in [1.165, 1.54) is 18.2 Å². The number of aromatic nitrogens is 4. The maximum Gasteiger partial charge on any atom is 0.232 e. The minimum atomic E-state index is -0.0924. The highest BCUT2D eigenvalue weighted by atomic mass is 32.2. The number of benzene rings is 1. The first-order chi connectivity index (χ1) is 13.6. The smallest absolute Gasteiger partial charge is 0.232 e. The number of ketones is 1. The number of carbonyl (C=O) groups excluding carboxylic acids is 1. The second-order valence-corrected chi connectivity index (χ2v) is 7.80. The van der Waals surface area contributed by atoms with Gasteiger partial charge in [-0.1, -0.05) is 30.0 Å². The maximum absolute atomic E-state index is 12.6. The van der Waals surface area contributed by atoms with Gasteiger partial charge >= 0.3 is 0 Å². The summed E-state index contributed by atoms with van der Waals surface area (Å²) < 4.78 is 7.50. The molecule has 0 amide bonds. The number of hydrogen-bond acceptors (Lipinski definition) is 7. The molecule has 3 heterocycles. The van der Waals surface area contributed by atoms with Crippen molar-refractivity contribution in [1.82, 2.24) is 19.7 Å². The number of piperidine rings is 1. The zero-order chi connectivity index (χ0) is 19.5. The van der Waals surface area contributed by atoms with Crippen LogP contribution in [0, 0.1) is 13.8 Å². The van der Waals surface area contributed by atoms with E-state index < -0.39 is 0 Å². The van der Waals surface area contributed by atoms with Crippen molar-refractivity contribution in [2.24, 2.45) is 0 Å². The van der Waals surface area contributed by atoms with Crippen molar-refractivity contribution in [1.29, 1.82) is 0 Å². The van der Waals surface area contributed by atoms with E-state index in [0.29, 0.717) is 22.5 Å². The Balaban J connectivity index is 1.60. The van der Waals surface area contributed by atoms with Crippen molar-refractivity contribution in [3.63, 3.8) is 0 Å². The van der Waals surface area contributed by atoms with Crippen LogP contribution in [0.5, 0.6) is 0 Å². The van der Waals surface area contributed by atoms with Crippen LogP contribution in [0.1, 0.15) is 41.4 Å². The van der Waals surface area contributed by atoms with Gasteiger partial charge in [0.25, 0.3) is 0 Å². The summed E-state index contributed by atoms with van der Waals surface area (Å²) >= 11 is 1.37. The zero-order valence-corrected chi connectivity index (χ0v) is 16.9. The molecule has 2 aromatic heterocycles. The lowest BCUT2D eigenvalue weighted by molar-refractivity contribution is 0.0990. The average molecular weight is 398 g/mol. The predicted molar refractivity (Wildman–Crippen MR) is 108 cm³/mol. The highest BCUT2D eigenvalue weighted by molar-refractivity contribution is 7.99. The SMILES string of the molecule is Cc1nc(C)c(C(=O)CSc2nnc(N3CCCCC3)n2-c2ccccc2)o1. The van der Waals surface area contributed by atoms with Crippen LogP contribution >= 0.6 is 11.8 Å². The number of thioether (sulfide) groups is 1. The molecule has 7 nitrogen and oxygen atoms in total. The van der Waals surface area contributed by atoms with Crippen molar-refractivity contribution < 1.29 is 9.21 Å². The molecule has 1 fully saturated rings. The summed E-state index contributed by atoms with van der Waals surface area (Å²) in [5.41, 5.74) is 1.62. The molecule has 1 aliphatic heterocycles. The lowest BCUT2D eigenvalue weighted by Gasteiger charge is -2.27. The van der Waals surface area contributed by atoms with Crippen molar-refractivity contribution >= 4 is 23.5 Å². The number of anilines is 1. The fourth-order valence-electron chi connectivity index (χ4n) is 3.44. The molecule has 4 rings (SSSR count). The molecule has 0 radical (unpaired) electrons. The van der Waals surface area contributed by atoms with E-state index >= 15 is 0 Å². The van der Waals surface area contributed by atoms with Gasteiger partial charge in [0.2, 0.25) is 11.7 Å². The minimum absolute atomic E-state index is 0.0924. The molecular formula is C20H23N5O2S. The number of aryl methyl sites for hydroxylation is 2. The van der Waals surface area contributed by atoms with Crippen molar-refractivity contribution in [2.75, 3.05) is 23.7 Å². The van der Waals surface area contributed by atoms with Gasteiger partial charge in [-0.15, -0.1) is 10.2 Å². The van der Waals surface area contributed by atoms with Crippen molar-refractivity contribution in [3.8, 4) is 5.69 Å². The summed E-state index contributed by atoms with van der Waals surface area (Å²) in [6.07, 6.45) is 3.57. The fraction of sp³-hybridized carbons (Fsp3) is 0.400. The lowest BCUT2D eigenvalue weighted by Crippen LogP contribution is -2.31. The molecule has 0 aliphatic carbocycles. The Labute approximate surface area is 168 Å². The molecule has 0 atom stereocenters. The van der Waals surface area contributed by atoms with E-state index in [2.05, 4.69) is 20.1 Å². The molecule has 28 heavy (non-hydrogen) atoms. The third kappa shape index (κ3) is 3.82. The van der Waals surface area contributed by atoms with Gasteiger partial charge in [0.15, 0.2) is 16.8 Å². The summed E-state index contributed by atoms with van der Waals surface area (Å²) in [7, 11) is 0. The molecule has 8 heteroatoms. The van der Waals surface area contributed by atoms with Crippen LogP contribution in [-0.2, 0) is 0 Å². The number of hydrogen-bond donors (Lipinski definition) is 0. The quantitative estimate of drug-likeness (QED) is 0.462. The Hall–Kier alpha value is -2.61. The fourth-order valence-corrected chi connectivity index (χ4v) is 4.25. The number of carbonyl (C=O) groups is 1. The first-order valence-corrected chi connectivity index (χ1v) is 10.5. The van der Waals surface area contributed by atoms with E-state index in [-0.39, 0.29) is 11.5 Å². The third-order valence-electron chi connectivity index (χ3n) is 4.76. The molecule has 3 aromatic rings. The Bertz CT molecular complexity index is 960. The predicted octanol–water partition coefficient (Wildman–Crippen LogP) is 3.84. The summed E-state index contributed by atoms with van der Waals surface area (Å²) in [4.78, 5) is 19.0. The van der Waals surface area contributed by atoms with Crippen LogP contribution in [0.15, 0.2) is 39.9 Å². The monoisotopic (exact) mass is 397 g/mol. The van der Waals surface area contributed by atoms with Gasteiger partial charge in [0.1, 0.15) is 0 Å². The van der Waals surface area contributed by atoms with Crippen LogP contribution in [-0.4, -0.2) is 44.4 Å². The molecule has 0 spiro atoms. The van der Waals surface area contributed by atoms with Crippen molar-refractivity contribution in [3.05, 3.63) is 47.7 Å². The first-order valence-electron chi connectivity index (χ1n) is 9.49. The molecule has 1 saturated heterocycles. The Kier molecular flexibility index (Phi) is 5.47. The highest BCUT2D eigenvalue weighted by Gasteiger charge is 2.23. The van der Waals surface area contributed by atoms with Gasteiger partial charge in [0.05, 0.1) is 17.1 Å². The van der Waals surface area contributed by atoms with E-state index in [1.807, 2.05) is 34.9 Å². The van der Waals surface area contributed by atoms with E-state index in [1.54, 1.807) is 13.8 Å². The number of nitrogens with zero attached hydrogens (tertiary/aromatic N) is 5. The molecule has 146 valence electrons. The van der Waals surface area contributed by atoms with E-state index in [0.717, 1.165) is 37.6 Å². The van der Waals surface area contributed by atoms with Crippen molar-refractivity contribution in [2.45, 2.75) is 38.3 Å². The first kappa shape index (κ1) is 18.7. The molecule has 0 unspecified atom stereocenters. The summed E-state index contributed by atoms with van der Waals surface area (Å²) in [6, 6.07) is 10.0. The van der Waals surface area contributed by atoms with Crippen LogP contribution in [0.3, 0.4) is 0 Å². The standard InChI is InChI=1S/C20H23N5O2S/c1-14-18(27-15(2)21-14)17(26)13-28-20-23-22-19(24-11-7-4-8-12-24)25(20)16-9-5-3-6-10-16/h3,5-6,9-10H,4,7-8,11-13H2,1-2H3. The Morgan fingerprint density at radius 1 is 1.11 bits per heavy atom. The number of Topliss-reactive ketones (excluding diaryl/α,β-unsaturated/α-hetero) is 1. The van der Waals surface area contributed by atoms with Crippen LogP contribution in [0.25, 0.3) is 5.69 Å². The molecule has 0 bridgehead atoms. The van der Waals surface area contributed by atoms with Crippen LogP contribution in [0.4, 0.5) is 5.95 Å². The largest absolute Gasteiger partial charge is 0.438 e. The normalized spacial score (nSPS) is 14.4. The van der Waals surface area contributed by atoms with Crippen LogP contribution in [0.2, 0.25) is 0 Å². The molecule has 1 aromatic carbocycles. The topological polar surface area (TPSA) is 77.1 Å². The van der Waals surface area contributed by atoms with Gasteiger partial charge < -0.3 is 9.32 Å². The van der Waals surface area contributed by atoms with Gasteiger partial charge in [-0.05, 0) is 38.3 Å². The number of para-hydroxylation sites is 1. The van der Waals surface area contributed by atoms with E-state index in [4.69, 9.17) is 4.42 Å². The molecular weight excluding hydrogens is 374 g/mol. The second-order valence-electron chi connectivity index (χ2n) is 6.86. The zero-order valence-electron chi connectivity index (χ0n) is 16.1. The third-order valence-corrected chi connectivity index (χ3v) is 5.69. The summed E-state index contributed by atoms with van der Waals surface area (Å²) in [5, 5.41) is 9.56. The second kappa shape index (κ2) is 8.18. The maximum atomic E-state index is 12.6. The van der Waals surface area contributed by atoms with E-state index in [9.17, 15) is 4.79 Å². The Morgan fingerprint density at radius 2 is 1.86 bits per heavy atom. The minimum Gasteiger partial charge on any atom is -0.438 e. The van der Waals surface area contributed by atoms with Gasteiger partial charge in [-0.3, -0.25) is 9.36 Å². The number of rotatable bonds is 6. The molecule has 1 aliphatic rings. The molecule has 0 N–H and O–H groups in total. The van der Waals surface area contributed by atoms with Gasteiger partial charge in [0, 0.05) is 20.0 Å². The highest BCUT2D eigenvalue weighted by Crippen LogP contribution is 2.29. The average Bonchev–Trinajstić information content (AvgIpc) is 3.30. The van der Waals surface area contributed by atoms with Gasteiger partial charge in [-0.2, -0.15) is 0 Å². The van der Waals surface area contributed by atoms with Crippen LogP contribution < -0.4 is 4.90 Å². The molecule has 0 saturated carbocycles. The number of oxazole rings is 1. The summed E-state index contributed by atoms with van der Waals surface area (Å²) in [6.45, 7) is 5.49. The lowest BCUT2D eigenvalue weighted by atomic mass is 10.1. The van der Waals surface area contributed by atoms with Gasteiger partial charge in [-0.25, -0.2) is 4.98 Å². The summed E-state index contributed by atoms with van der Waals surface area (Å²) in [5.74, 6) is 1.80. The Morgan fingerprint density at radius 3 is 2.54 bits per heavy atom.